The summed E-state index contributed by atoms with van der Waals surface area (Å²) in [5.74, 6) is -0.299. The molecule has 29 heavy (non-hydrogen) atoms. The predicted molar refractivity (Wildman–Crippen MR) is 110 cm³/mol. The molecule has 0 saturated carbocycles. The maximum Gasteiger partial charge on any atom is 0.251 e. The lowest BCUT2D eigenvalue weighted by atomic mass is 10.1. The molecule has 0 aromatic heterocycles. The van der Waals surface area contributed by atoms with Crippen molar-refractivity contribution in [1.29, 1.82) is 0 Å². The molecule has 0 unspecified atom stereocenters. The molecule has 1 saturated heterocycles. The SMILES string of the molecule is Cc1cccc(C(=O)NCCC(=O)N2CCN(S(=O)(=O)c3ccccc3)CC2)c1. The number of carbonyl (C=O) groups excluding carboxylic acids is 2. The summed E-state index contributed by atoms with van der Waals surface area (Å²) in [6.07, 6.45) is 0.184. The number of nitrogens with zero attached hydrogens (tertiary/aromatic N) is 2. The maximum atomic E-state index is 12.6. The normalized spacial score (nSPS) is 15.1. The lowest BCUT2D eigenvalue weighted by molar-refractivity contribution is -0.132. The molecule has 1 aliphatic rings. The topological polar surface area (TPSA) is 86.8 Å². The van der Waals surface area contributed by atoms with E-state index in [0.29, 0.717) is 18.7 Å². The zero-order chi connectivity index (χ0) is 20.9. The number of hydrogen-bond donors (Lipinski definition) is 1. The molecule has 1 aliphatic heterocycles. The second-order valence-electron chi connectivity index (χ2n) is 6.97. The van der Waals surface area contributed by atoms with Crippen LogP contribution >= 0.6 is 0 Å². The van der Waals surface area contributed by atoms with Crippen molar-refractivity contribution in [3.8, 4) is 0 Å². The lowest BCUT2D eigenvalue weighted by Gasteiger charge is -2.34. The fourth-order valence-corrected chi connectivity index (χ4v) is 4.69. The Kier molecular flexibility index (Phi) is 6.66. The molecule has 0 spiro atoms. The molecule has 0 atom stereocenters. The van der Waals surface area contributed by atoms with Gasteiger partial charge in [0.15, 0.2) is 0 Å². The summed E-state index contributed by atoms with van der Waals surface area (Å²) in [4.78, 5) is 26.4. The molecule has 7 nitrogen and oxygen atoms in total. The van der Waals surface area contributed by atoms with Crippen molar-refractivity contribution in [3.63, 3.8) is 0 Å². The van der Waals surface area contributed by atoms with E-state index in [1.54, 1.807) is 47.4 Å². The van der Waals surface area contributed by atoms with E-state index in [1.165, 1.54) is 4.31 Å². The summed E-state index contributed by atoms with van der Waals surface area (Å²) < 4.78 is 26.7. The van der Waals surface area contributed by atoms with Crippen LogP contribution in [0, 0.1) is 6.92 Å². The fraction of sp³-hybridized carbons (Fsp3) is 0.333. The molecule has 0 bridgehead atoms. The van der Waals surface area contributed by atoms with Gasteiger partial charge < -0.3 is 10.2 Å². The van der Waals surface area contributed by atoms with Gasteiger partial charge in [0.1, 0.15) is 0 Å². The van der Waals surface area contributed by atoms with E-state index >= 15 is 0 Å². The Morgan fingerprint density at radius 3 is 2.31 bits per heavy atom. The Morgan fingerprint density at radius 2 is 1.66 bits per heavy atom. The third-order valence-corrected chi connectivity index (χ3v) is 6.79. The molecule has 2 amide bonds. The van der Waals surface area contributed by atoms with E-state index in [2.05, 4.69) is 5.32 Å². The van der Waals surface area contributed by atoms with Gasteiger partial charge in [-0.05, 0) is 31.2 Å². The number of benzene rings is 2. The minimum absolute atomic E-state index is 0.0914. The van der Waals surface area contributed by atoms with Gasteiger partial charge in [0, 0.05) is 44.7 Å². The fourth-order valence-electron chi connectivity index (χ4n) is 3.25. The molecular formula is C21H25N3O4S. The van der Waals surface area contributed by atoms with Crippen LogP contribution in [0.5, 0.6) is 0 Å². The number of rotatable bonds is 6. The standard InChI is InChI=1S/C21H25N3O4S/c1-17-6-5-7-18(16-17)21(26)22-11-10-20(25)23-12-14-24(15-13-23)29(27,28)19-8-3-2-4-9-19/h2-9,16H,10-15H2,1H3,(H,22,26). The highest BCUT2D eigenvalue weighted by atomic mass is 32.2. The first-order valence-electron chi connectivity index (χ1n) is 9.56. The quantitative estimate of drug-likeness (QED) is 0.777. The summed E-state index contributed by atoms with van der Waals surface area (Å²) in [6, 6.07) is 15.6. The molecule has 0 aliphatic carbocycles. The van der Waals surface area contributed by atoms with Crippen molar-refractivity contribution in [3.05, 3.63) is 65.7 Å². The molecule has 1 N–H and O–H groups in total. The van der Waals surface area contributed by atoms with E-state index in [4.69, 9.17) is 0 Å². The van der Waals surface area contributed by atoms with Crippen molar-refractivity contribution < 1.29 is 18.0 Å². The van der Waals surface area contributed by atoms with Crippen LogP contribution in [0.3, 0.4) is 0 Å². The number of sulfonamides is 1. The van der Waals surface area contributed by atoms with Gasteiger partial charge in [0.25, 0.3) is 5.91 Å². The van der Waals surface area contributed by atoms with Crippen molar-refractivity contribution in [1.82, 2.24) is 14.5 Å². The highest BCUT2D eigenvalue weighted by Crippen LogP contribution is 2.17. The van der Waals surface area contributed by atoms with Crippen LogP contribution in [-0.4, -0.2) is 62.2 Å². The van der Waals surface area contributed by atoms with Crippen LogP contribution in [0.2, 0.25) is 0 Å². The molecule has 1 fully saturated rings. The number of nitrogens with one attached hydrogen (secondary N) is 1. The largest absolute Gasteiger partial charge is 0.352 e. The Labute approximate surface area is 171 Å². The summed E-state index contributed by atoms with van der Waals surface area (Å²) in [5, 5.41) is 2.76. The lowest BCUT2D eigenvalue weighted by Crippen LogP contribution is -2.50. The zero-order valence-corrected chi connectivity index (χ0v) is 17.2. The van der Waals surface area contributed by atoms with E-state index in [1.807, 2.05) is 19.1 Å². The van der Waals surface area contributed by atoms with Gasteiger partial charge in [-0.25, -0.2) is 8.42 Å². The third kappa shape index (κ3) is 5.21. The molecule has 2 aromatic rings. The van der Waals surface area contributed by atoms with Crippen molar-refractivity contribution in [2.45, 2.75) is 18.2 Å². The number of amides is 2. The first-order chi connectivity index (χ1) is 13.9. The number of hydrogen-bond acceptors (Lipinski definition) is 4. The summed E-state index contributed by atoms with van der Waals surface area (Å²) in [5.41, 5.74) is 1.56. The molecule has 0 radical (unpaired) electrons. The summed E-state index contributed by atoms with van der Waals surface area (Å²) >= 11 is 0. The third-order valence-electron chi connectivity index (χ3n) is 4.88. The van der Waals surface area contributed by atoms with Gasteiger partial charge >= 0.3 is 0 Å². The van der Waals surface area contributed by atoms with Gasteiger partial charge in [-0.2, -0.15) is 4.31 Å². The van der Waals surface area contributed by atoms with Crippen LogP contribution < -0.4 is 5.32 Å². The Morgan fingerprint density at radius 1 is 0.966 bits per heavy atom. The van der Waals surface area contributed by atoms with Crippen molar-refractivity contribution >= 4 is 21.8 Å². The first-order valence-corrected chi connectivity index (χ1v) is 11.0. The average molecular weight is 416 g/mol. The Balaban J connectivity index is 1.46. The van der Waals surface area contributed by atoms with E-state index in [0.717, 1.165) is 5.56 Å². The molecule has 8 heteroatoms. The Hall–Kier alpha value is -2.71. The van der Waals surface area contributed by atoms with Crippen molar-refractivity contribution in [2.75, 3.05) is 32.7 Å². The highest BCUT2D eigenvalue weighted by molar-refractivity contribution is 7.89. The first kappa shape index (κ1) is 21.0. The summed E-state index contributed by atoms with van der Waals surface area (Å²) in [6.45, 7) is 3.37. The molecular weight excluding hydrogens is 390 g/mol. The minimum Gasteiger partial charge on any atom is -0.352 e. The van der Waals surface area contributed by atoms with Crippen LogP contribution in [0.25, 0.3) is 0 Å². The van der Waals surface area contributed by atoms with Crippen LogP contribution in [0.4, 0.5) is 0 Å². The van der Waals surface area contributed by atoms with Gasteiger partial charge in [-0.15, -0.1) is 0 Å². The van der Waals surface area contributed by atoms with Gasteiger partial charge in [-0.1, -0.05) is 35.9 Å². The molecule has 3 rings (SSSR count). The molecule has 154 valence electrons. The van der Waals surface area contributed by atoms with Gasteiger partial charge in [0.2, 0.25) is 15.9 Å². The smallest absolute Gasteiger partial charge is 0.251 e. The minimum atomic E-state index is -3.54. The second kappa shape index (κ2) is 9.19. The Bertz CT molecular complexity index is 968. The second-order valence-corrected chi connectivity index (χ2v) is 8.91. The number of piperazine rings is 1. The maximum absolute atomic E-state index is 12.6. The monoisotopic (exact) mass is 415 g/mol. The highest BCUT2D eigenvalue weighted by Gasteiger charge is 2.29. The van der Waals surface area contributed by atoms with E-state index < -0.39 is 10.0 Å². The molecule has 1 heterocycles. The zero-order valence-electron chi connectivity index (χ0n) is 16.4. The predicted octanol–water partition coefficient (Wildman–Crippen LogP) is 1.65. The van der Waals surface area contributed by atoms with Crippen molar-refractivity contribution in [2.24, 2.45) is 0 Å². The van der Waals surface area contributed by atoms with E-state index in [9.17, 15) is 18.0 Å². The van der Waals surface area contributed by atoms with Crippen LogP contribution in [-0.2, 0) is 14.8 Å². The van der Waals surface area contributed by atoms with Crippen LogP contribution in [0.1, 0.15) is 22.3 Å². The average Bonchev–Trinajstić information content (AvgIpc) is 2.74. The number of carbonyl (C=O) groups is 2. The van der Waals surface area contributed by atoms with Gasteiger partial charge in [0.05, 0.1) is 4.90 Å². The summed E-state index contributed by atoms with van der Waals surface area (Å²) in [7, 11) is -3.54. The van der Waals surface area contributed by atoms with Crippen LogP contribution in [0.15, 0.2) is 59.5 Å². The van der Waals surface area contributed by atoms with E-state index in [-0.39, 0.29) is 42.8 Å². The van der Waals surface area contributed by atoms with Gasteiger partial charge in [-0.3, -0.25) is 9.59 Å². The number of aryl methyl sites for hydroxylation is 1. The molecule has 2 aromatic carbocycles.